The monoisotopic (exact) mass is 523 g/mol. The number of hydrogen-bond donors (Lipinski definition) is 2. The van der Waals surface area contributed by atoms with Gasteiger partial charge in [0.15, 0.2) is 5.96 Å². The standard InChI is InChI=1S/C19H33N5O2S.HI/c1-19(2,10-14-27(4,25)26)15-22-18(20-3)23-16-8-12-24(13-9-16)17-7-5-6-11-21-17;/h5-7,11,16H,8-10,12-15H2,1-4H3,(H2,20,22,23);1H. The molecule has 2 rings (SSSR count). The average Bonchev–Trinajstić information content (AvgIpc) is 2.64. The van der Waals surface area contributed by atoms with Crippen molar-refractivity contribution in [1.82, 2.24) is 15.6 Å². The first-order chi connectivity index (χ1) is 12.7. The molecule has 1 aliphatic heterocycles. The van der Waals surface area contributed by atoms with Gasteiger partial charge in [0.05, 0.1) is 5.75 Å². The van der Waals surface area contributed by atoms with Crippen molar-refractivity contribution >= 4 is 45.6 Å². The lowest BCUT2D eigenvalue weighted by Crippen LogP contribution is -2.50. The second-order valence-corrected chi connectivity index (χ2v) is 10.3. The maximum Gasteiger partial charge on any atom is 0.191 e. The van der Waals surface area contributed by atoms with Crippen LogP contribution in [-0.4, -0.2) is 64.1 Å². The second-order valence-electron chi connectivity index (χ2n) is 8.06. The molecule has 7 nitrogen and oxygen atoms in total. The Morgan fingerprint density at radius 3 is 2.54 bits per heavy atom. The fourth-order valence-electron chi connectivity index (χ4n) is 3.05. The molecule has 28 heavy (non-hydrogen) atoms. The van der Waals surface area contributed by atoms with E-state index in [9.17, 15) is 8.42 Å². The highest BCUT2D eigenvalue weighted by molar-refractivity contribution is 14.0. The summed E-state index contributed by atoms with van der Waals surface area (Å²) in [6.45, 7) is 6.75. The fraction of sp³-hybridized carbons (Fsp3) is 0.684. The Bertz CT molecular complexity index is 717. The van der Waals surface area contributed by atoms with Crippen molar-refractivity contribution in [2.45, 2.75) is 39.2 Å². The second kappa shape index (κ2) is 11.2. The van der Waals surface area contributed by atoms with Crippen molar-refractivity contribution in [3.63, 3.8) is 0 Å². The Balaban J connectivity index is 0.00000392. The molecule has 0 aliphatic carbocycles. The van der Waals surface area contributed by atoms with Crippen LogP contribution in [0.4, 0.5) is 5.82 Å². The molecule has 1 aromatic heterocycles. The largest absolute Gasteiger partial charge is 0.356 e. The van der Waals surface area contributed by atoms with E-state index in [0.29, 0.717) is 19.0 Å². The molecular formula is C19H34IN5O2S. The lowest BCUT2D eigenvalue weighted by atomic mass is 9.90. The summed E-state index contributed by atoms with van der Waals surface area (Å²) in [5.74, 6) is 2.02. The number of halogens is 1. The predicted octanol–water partition coefficient (Wildman–Crippen LogP) is 2.29. The Hall–Kier alpha value is -1.10. The molecule has 1 aliphatic rings. The third-order valence-electron chi connectivity index (χ3n) is 4.92. The van der Waals surface area contributed by atoms with E-state index < -0.39 is 9.84 Å². The van der Waals surface area contributed by atoms with Crippen molar-refractivity contribution in [2.24, 2.45) is 10.4 Å². The molecule has 0 amide bonds. The zero-order chi connectivity index (χ0) is 19.9. The van der Waals surface area contributed by atoms with Gasteiger partial charge in [-0.05, 0) is 36.8 Å². The number of guanidine groups is 1. The van der Waals surface area contributed by atoms with Crippen LogP contribution in [-0.2, 0) is 9.84 Å². The quantitative estimate of drug-likeness (QED) is 0.324. The molecule has 0 saturated carbocycles. The molecule has 0 bridgehead atoms. The van der Waals surface area contributed by atoms with Gasteiger partial charge in [-0.2, -0.15) is 0 Å². The van der Waals surface area contributed by atoms with E-state index in [-0.39, 0.29) is 35.1 Å². The fourth-order valence-corrected chi connectivity index (χ4v) is 3.98. The van der Waals surface area contributed by atoms with Crippen molar-refractivity contribution in [3.05, 3.63) is 24.4 Å². The molecular weight excluding hydrogens is 489 g/mol. The molecule has 2 heterocycles. The van der Waals surface area contributed by atoms with Crippen LogP contribution in [0, 0.1) is 5.41 Å². The summed E-state index contributed by atoms with van der Waals surface area (Å²) in [7, 11) is -1.17. The molecule has 1 aromatic rings. The molecule has 1 fully saturated rings. The van der Waals surface area contributed by atoms with Gasteiger partial charge in [-0.25, -0.2) is 13.4 Å². The minimum atomic E-state index is -2.94. The molecule has 0 spiro atoms. The van der Waals surface area contributed by atoms with Crippen LogP contribution in [0.25, 0.3) is 0 Å². The third kappa shape index (κ3) is 8.93. The normalized spacial score (nSPS) is 16.4. The van der Waals surface area contributed by atoms with Crippen LogP contribution in [0.5, 0.6) is 0 Å². The number of nitrogens with one attached hydrogen (secondary N) is 2. The summed E-state index contributed by atoms with van der Waals surface area (Å²) in [6.07, 6.45) is 5.78. The molecule has 0 aromatic carbocycles. The van der Waals surface area contributed by atoms with Crippen LogP contribution >= 0.6 is 24.0 Å². The summed E-state index contributed by atoms with van der Waals surface area (Å²) in [6, 6.07) is 6.37. The average molecular weight is 523 g/mol. The highest BCUT2D eigenvalue weighted by Gasteiger charge is 2.23. The lowest BCUT2D eigenvalue weighted by Gasteiger charge is -2.34. The lowest BCUT2D eigenvalue weighted by molar-refractivity contribution is 0.346. The topological polar surface area (TPSA) is 86.7 Å². The van der Waals surface area contributed by atoms with E-state index in [4.69, 9.17) is 0 Å². The molecule has 160 valence electrons. The number of aromatic nitrogens is 1. The smallest absolute Gasteiger partial charge is 0.191 e. The first-order valence-corrected chi connectivity index (χ1v) is 11.6. The SMILES string of the molecule is CN=C(NCC(C)(C)CCS(C)(=O)=O)NC1CCN(c2ccccn2)CC1.I. The highest BCUT2D eigenvalue weighted by Crippen LogP contribution is 2.20. The number of hydrogen-bond acceptors (Lipinski definition) is 5. The van der Waals surface area contributed by atoms with Crippen molar-refractivity contribution in [2.75, 3.05) is 43.6 Å². The van der Waals surface area contributed by atoms with Gasteiger partial charge in [-0.1, -0.05) is 19.9 Å². The number of piperidine rings is 1. The Morgan fingerprint density at radius 1 is 1.32 bits per heavy atom. The van der Waals surface area contributed by atoms with Crippen LogP contribution in [0.2, 0.25) is 0 Å². The first-order valence-electron chi connectivity index (χ1n) is 9.49. The third-order valence-corrected chi connectivity index (χ3v) is 5.86. The summed E-state index contributed by atoms with van der Waals surface area (Å²) >= 11 is 0. The maximum absolute atomic E-state index is 11.4. The van der Waals surface area contributed by atoms with Gasteiger partial charge >= 0.3 is 0 Å². The van der Waals surface area contributed by atoms with Gasteiger partial charge in [0.25, 0.3) is 0 Å². The minimum Gasteiger partial charge on any atom is -0.356 e. The van der Waals surface area contributed by atoms with Gasteiger partial charge < -0.3 is 15.5 Å². The Morgan fingerprint density at radius 2 is 2.00 bits per heavy atom. The van der Waals surface area contributed by atoms with E-state index in [1.165, 1.54) is 6.26 Å². The highest BCUT2D eigenvalue weighted by atomic mass is 127. The number of sulfone groups is 1. The van der Waals surface area contributed by atoms with Gasteiger partial charge in [-0.3, -0.25) is 4.99 Å². The molecule has 1 saturated heterocycles. The summed E-state index contributed by atoms with van der Waals surface area (Å²) in [4.78, 5) is 11.1. The van der Waals surface area contributed by atoms with Crippen LogP contribution < -0.4 is 15.5 Å². The van der Waals surface area contributed by atoms with E-state index in [1.807, 2.05) is 24.4 Å². The molecule has 0 unspecified atom stereocenters. The molecule has 0 atom stereocenters. The van der Waals surface area contributed by atoms with Gasteiger partial charge in [0.2, 0.25) is 0 Å². The van der Waals surface area contributed by atoms with E-state index in [2.05, 4.69) is 39.4 Å². The zero-order valence-electron chi connectivity index (χ0n) is 17.3. The summed E-state index contributed by atoms with van der Waals surface area (Å²) < 4.78 is 22.8. The van der Waals surface area contributed by atoms with E-state index in [1.54, 1.807) is 7.05 Å². The molecule has 9 heteroatoms. The number of anilines is 1. The van der Waals surface area contributed by atoms with Crippen molar-refractivity contribution < 1.29 is 8.42 Å². The predicted molar refractivity (Wildman–Crippen MR) is 127 cm³/mol. The van der Waals surface area contributed by atoms with Crippen LogP contribution in [0.1, 0.15) is 33.1 Å². The van der Waals surface area contributed by atoms with Crippen molar-refractivity contribution in [3.8, 4) is 0 Å². The number of rotatable bonds is 7. The van der Waals surface area contributed by atoms with Gasteiger partial charge in [0.1, 0.15) is 15.7 Å². The Kier molecular flexibility index (Phi) is 9.96. The molecule has 2 N–H and O–H groups in total. The summed E-state index contributed by atoms with van der Waals surface area (Å²) in [5, 5.41) is 6.85. The minimum absolute atomic E-state index is 0. The van der Waals surface area contributed by atoms with Gasteiger partial charge in [0, 0.05) is 45.2 Å². The van der Waals surface area contributed by atoms with Crippen molar-refractivity contribution in [1.29, 1.82) is 0 Å². The zero-order valence-corrected chi connectivity index (χ0v) is 20.5. The molecule has 0 radical (unpaired) electrons. The number of nitrogens with zero attached hydrogens (tertiary/aromatic N) is 3. The van der Waals surface area contributed by atoms with Gasteiger partial charge in [-0.15, -0.1) is 24.0 Å². The maximum atomic E-state index is 11.4. The van der Waals surface area contributed by atoms with E-state index >= 15 is 0 Å². The van der Waals surface area contributed by atoms with Crippen LogP contribution in [0.3, 0.4) is 0 Å². The number of pyridine rings is 1. The van der Waals surface area contributed by atoms with Crippen LogP contribution in [0.15, 0.2) is 29.4 Å². The number of aliphatic imine (C=N–C) groups is 1. The first kappa shape index (κ1) is 24.9. The Labute approximate surface area is 186 Å². The summed E-state index contributed by atoms with van der Waals surface area (Å²) in [5.41, 5.74) is -0.122. The van der Waals surface area contributed by atoms with E-state index in [0.717, 1.165) is 37.7 Å².